The molecule has 1 saturated carbocycles. The summed E-state index contributed by atoms with van der Waals surface area (Å²) in [6, 6.07) is 7.47. The summed E-state index contributed by atoms with van der Waals surface area (Å²) in [6.45, 7) is 2.53. The van der Waals surface area contributed by atoms with Crippen LogP contribution in [0.25, 0.3) is 10.8 Å². The molecular formula is C19H27N5OS. The first-order valence-electron chi connectivity index (χ1n) is 9.47. The van der Waals surface area contributed by atoms with Crippen LogP contribution in [0.3, 0.4) is 0 Å². The van der Waals surface area contributed by atoms with Crippen molar-refractivity contribution >= 4 is 33.9 Å². The monoisotopic (exact) mass is 373 g/mol. The Morgan fingerprint density at radius 2 is 1.88 bits per heavy atom. The van der Waals surface area contributed by atoms with E-state index in [2.05, 4.69) is 26.1 Å². The molecule has 3 rings (SSSR count). The lowest BCUT2D eigenvalue weighted by atomic mass is 9.89. The fourth-order valence-corrected chi connectivity index (χ4v) is 3.62. The molecule has 0 atom stereocenters. The van der Waals surface area contributed by atoms with Gasteiger partial charge in [-0.2, -0.15) is 5.10 Å². The molecule has 0 amide bonds. The van der Waals surface area contributed by atoms with Crippen LogP contribution < -0.4 is 21.5 Å². The van der Waals surface area contributed by atoms with Crippen molar-refractivity contribution in [2.24, 2.45) is 5.92 Å². The van der Waals surface area contributed by atoms with E-state index in [-0.39, 0.29) is 5.56 Å². The Hall–Kier alpha value is -2.15. The molecule has 1 aromatic carbocycles. The molecular weight excluding hydrogens is 346 g/mol. The molecule has 4 N–H and O–H groups in total. The lowest BCUT2D eigenvalue weighted by Gasteiger charge is -2.22. The van der Waals surface area contributed by atoms with Gasteiger partial charge in [-0.05, 0) is 43.5 Å². The Kier molecular flexibility index (Phi) is 6.82. The SMILES string of the molecule is O=c1[nH]nc(NCCCNC(=S)NCC2CCCCC2)c2ccccc12. The fourth-order valence-electron chi connectivity index (χ4n) is 3.44. The van der Waals surface area contributed by atoms with Crippen molar-refractivity contribution in [3.05, 3.63) is 34.6 Å². The van der Waals surface area contributed by atoms with Crippen LogP contribution in [0.5, 0.6) is 0 Å². The number of nitrogens with zero attached hydrogens (tertiary/aromatic N) is 1. The highest BCUT2D eigenvalue weighted by Gasteiger charge is 2.13. The third-order valence-electron chi connectivity index (χ3n) is 4.90. The van der Waals surface area contributed by atoms with Crippen LogP contribution in [-0.2, 0) is 0 Å². The fraction of sp³-hybridized carbons (Fsp3) is 0.526. The van der Waals surface area contributed by atoms with Crippen molar-refractivity contribution in [1.82, 2.24) is 20.8 Å². The van der Waals surface area contributed by atoms with Crippen LogP contribution in [-0.4, -0.2) is 34.9 Å². The summed E-state index contributed by atoms with van der Waals surface area (Å²) >= 11 is 5.35. The molecule has 1 fully saturated rings. The summed E-state index contributed by atoms with van der Waals surface area (Å²) in [6.07, 6.45) is 7.63. The number of benzene rings is 1. The second-order valence-corrected chi connectivity index (χ2v) is 7.28. The highest BCUT2D eigenvalue weighted by atomic mass is 32.1. The summed E-state index contributed by atoms with van der Waals surface area (Å²) in [5.74, 6) is 1.47. The molecule has 7 heteroatoms. The Balaban J connectivity index is 1.36. The van der Waals surface area contributed by atoms with E-state index in [0.717, 1.165) is 42.5 Å². The van der Waals surface area contributed by atoms with Gasteiger partial charge in [0.2, 0.25) is 0 Å². The van der Waals surface area contributed by atoms with Gasteiger partial charge in [-0.25, -0.2) is 5.10 Å². The summed E-state index contributed by atoms with van der Waals surface area (Å²) in [5.41, 5.74) is -0.165. The molecule has 6 nitrogen and oxygen atoms in total. The Bertz CT molecular complexity index is 785. The van der Waals surface area contributed by atoms with Gasteiger partial charge in [-0.15, -0.1) is 0 Å². The number of fused-ring (bicyclic) bond motifs is 1. The van der Waals surface area contributed by atoms with Gasteiger partial charge in [-0.1, -0.05) is 37.5 Å². The predicted molar refractivity (Wildman–Crippen MR) is 111 cm³/mol. The minimum absolute atomic E-state index is 0.165. The number of hydrogen-bond donors (Lipinski definition) is 4. The molecule has 0 radical (unpaired) electrons. The number of aromatic amines is 1. The van der Waals surface area contributed by atoms with Crippen molar-refractivity contribution in [3.63, 3.8) is 0 Å². The standard InChI is InChI=1S/C19H27N5OS/c25-18-16-10-5-4-9-15(16)17(23-24-18)20-11-6-12-21-19(26)22-13-14-7-2-1-3-8-14/h4-5,9-10,14H,1-3,6-8,11-13H2,(H,20,23)(H,24,25)(H2,21,22,26). The Labute approximate surface area is 159 Å². The number of nitrogens with one attached hydrogen (secondary N) is 4. The minimum Gasteiger partial charge on any atom is -0.368 e. The van der Waals surface area contributed by atoms with Crippen molar-refractivity contribution in [2.45, 2.75) is 38.5 Å². The summed E-state index contributed by atoms with van der Waals surface area (Å²) in [4.78, 5) is 11.8. The lowest BCUT2D eigenvalue weighted by molar-refractivity contribution is 0.356. The van der Waals surface area contributed by atoms with E-state index < -0.39 is 0 Å². The van der Waals surface area contributed by atoms with Gasteiger partial charge in [-0.3, -0.25) is 4.79 Å². The quantitative estimate of drug-likeness (QED) is 0.441. The number of thiocarbonyl (C=S) groups is 1. The van der Waals surface area contributed by atoms with Crippen molar-refractivity contribution in [2.75, 3.05) is 25.0 Å². The predicted octanol–water partition coefficient (Wildman–Crippen LogP) is 2.77. The van der Waals surface area contributed by atoms with Crippen LogP contribution in [0.2, 0.25) is 0 Å². The first-order valence-corrected chi connectivity index (χ1v) is 9.88. The zero-order valence-electron chi connectivity index (χ0n) is 15.0. The van der Waals surface area contributed by atoms with Gasteiger partial charge in [0, 0.05) is 25.0 Å². The number of anilines is 1. The molecule has 0 unspecified atom stereocenters. The smallest absolute Gasteiger partial charge is 0.272 e. The van der Waals surface area contributed by atoms with Crippen LogP contribution in [0.4, 0.5) is 5.82 Å². The zero-order chi connectivity index (χ0) is 18.2. The molecule has 0 bridgehead atoms. The molecule has 1 aliphatic carbocycles. The summed E-state index contributed by atoms with van der Waals surface area (Å²) in [5, 5.41) is 18.8. The highest BCUT2D eigenvalue weighted by Crippen LogP contribution is 2.22. The third-order valence-corrected chi connectivity index (χ3v) is 5.19. The van der Waals surface area contributed by atoms with Gasteiger partial charge in [0.05, 0.1) is 5.39 Å². The van der Waals surface area contributed by atoms with Gasteiger partial charge < -0.3 is 16.0 Å². The van der Waals surface area contributed by atoms with Gasteiger partial charge in [0.1, 0.15) is 0 Å². The first kappa shape index (κ1) is 18.6. The number of H-pyrrole nitrogens is 1. The van der Waals surface area contributed by atoms with E-state index in [4.69, 9.17) is 12.2 Å². The highest BCUT2D eigenvalue weighted by molar-refractivity contribution is 7.80. The minimum atomic E-state index is -0.165. The molecule has 26 heavy (non-hydrogen) atoms. The van der Waals surface area contributed by atoms with E-state index in [9.17, 15) is 4.79 Å². The number of aromatic nitrogens is 2. The lowest BCUT2D eigenvalue weighted by Crippen LogP contribution is -2.39. The maximum Gasteiger partial charge on any atom is 0.272 e. The number of rotatable bonds is 7. The van der Waals surface area contributed by atoms with E-state index in [1.807, 2.05) is 18.2 Å². The van der Waals surface area contributed by atoms with E-state index >= 15 is 0 Å². The second-order valence-electron chi connectivity index (χ2n) is 6.87. The second kappa shape index (κ2) is 9.52. The zero-order valence-corrected chi connectivity index (χ0v) is 15.8. The van der Waals surface area contributed by atoms with Gasteiger partial charge >= 0.3 is 0 Å². The molecule has 140 valence electrons. The van der Waals surface area contributed by atoms with Crippen LogP contribution in [0.1, 0.15) is 38.5 Å². The molecule has 0 spiro atoms. The van der Waals surface area contributed by atoms with Gasteiger partial charge in [0.25, 0.3) is 5.56 Å². The average Bonchev–Trinajstić information content (AvgIpc) is 2.69. The largest absolute Gasteiger partial charge is 0.368 e. The number of hydrogen-bond acceptors (Lipinski definition) is 4. The van der Waals surface area contributed by atoms with Crippen molar-refractivity contribution in [1.29, 1.82) is 0 Å². The Morgan fingerprint density at radius 3 is 2.69 bits per heavy atom. The van der Waals surface area contributed by atoms with E-state index in [1.165, 1.54) is 32.1 Å². The molecule has 2 aromatic rings. The normalized spacial score (nSPS) is 14.9. The summed E-state index contributed by atoms with van der Waals surface area (Å²) < 4.78 is 0. The summed E-state index contributed by atoms with van der Waals surface area (Å²) in [7, 11) is 0. The average molecular weight is 374 g/mol. The third kappa shape index (κ3) is 5.17. The molecule has 0 saturated heterocycles. The maximum absolute atomic E-state index is 11.8. The Morgan fingerprint density at radius 1 is 1.12 bits per heavy atom. The molecule has 1 heterocycles. The molecule has 1 aliphatic rings. The van der Waals surface area contributed by atoms with Crippen molar-refractivity contribution < 1.29 is 0 Å². The topological polar surface area (TPSA) is 81.8 Å². The van der Waals surface area contributed by atoms with Crippen molar-refractivity contribution in [3.8, 4) is 0 Å². The van der Waals surface area contributed by atoms with Crippen LogP contribution in [0.15, 0.2) is 29.1 Å². The van der Waals surface area contributed by atoms with Gasteiger partial charge in [0.15, 0.2) is 10.9 Å². The maximum atomic E-state index is 11.8. The molecule has 1 aromatic heterocycles. The van der Waals surface area contributed by atoms with E-state index in [0.29, 0.717) is 11.2 Å². The first-order chi connectivity index (χ1) is 12.7. The molecule has 0 aliphatic heterocycles. The van der Waals surface area contributed by atoms with E-state index in [1.54, 1.807) is 6.07 Å². The van der Waals surface area contributed by atoms with Crippen LogP contribution in [0, 0.1) is 5.92 Å². The van der Waals surface area contributed by atoms with Crippen LogP contribution >= 0.6 is 12.2 Å².